The summed E-state index contributed by atoms with van der Waals surface area (Å²) in [6.45, 7) is 0. The standard InChI is InChI=1S/C12H12N4O2S/c1-18-11(17)8-3-4-10(16-6-2-5-14-16)9(7-8)15-12(13)19/h2-7H,1H3,(H3,13,15,19). The van der Waals surface area contributed by atoms with Crippen molar-refractivity contribution in [2.45, 2.75) is 0 Å². The first kappa shape index (κ1) is 13.0. The molecule has 1 aromatic heterocycles. The zero-order valence-electron chi connectivity index (χ0n) is 10.2. The number of benzene rings is 1. The summed E-state index contributed by atoms with van der Waals surface area (Å²) in [6, 6.07) is 6.79. The zero-order valence-corrected chi connectivity index (χ0v) is 11.0. The Morgan fingerprint density at radius 2 is 2.32 bits per heavy atom. The zero-order chi connectivity index (χ0) is 13.8. The normalized spacial score (nSPS) is 9.95. The van der Waals surface area contributed by atoms with Gasteiger partial charge in [-0.25, -0.2) is 9.48 Å². The molecule has 1 heterocycles. The second-order valence-electron chi connectivity index (χ2n) is 3.66. The molecule has 7 heteroatoms. The molecule has 0 atom stereocenters. The van der Waals surface area contributed by atoms with Gasteiger partial charge in [-0.05, 0) is 36.5 Å². The van der Waals surface area contributed by atoms with Crippen LogP contribution >= 0.6 is 12.2 Å². The third-order valence-corrected chi connectivity index (χ3v) is 2.53. The molecule has 19 heavy (non-hydrogen) atoms. The molecule has 2 rings (SSSR count). The van der Waals surface area contributed by atoms with Crippen molar-refractivity contribution in [3.63, 3.8) is 0 Å². The van der Waals surface area contributed by atoms with Crippen molar-refractivity contribution in [3.05, 3.63) is 42.2 Å². The minimum absolute atomic E-state index is 0.107. The minimum atomic E-state index is -0.432. The van der Waals surface area contributed by atoms with E-state index in [-0.39, 0.29) is 5.11 Å². The molecule has 0 radical (unpaired) electrons. The largest absolute Gasteiger partial charge is 0.465 e. The number of anilines is 1. The lowest BCUT2D eigenvalue weighted by molar-refractivity contribution is 0.0601. The van der Waals surface area contributed by atoms with Crippen LogP contribution in [0.15, 0.2) is 36.7 Å². The average molecular weight is 276 g/mol. The van der Waals surface area contributed by atoms with Crippen molar-refractivity contribution in [3.8, 4) is 5.69 Å². The van der Waals surface area contributed by atoms with Crippen LogP contribution in [0.25, 0.3) is 5.69 Å². The molecule has 0 aliphatic carbocycles. The van der Waals surface area contributed by atoms with Crippen LogP contribution in [0.3, 0.4) is 0 Å². The summed E-state index contributed by atoms with van der Waals surface area (Å²) in [5.41, 5.74) is 7.19. The molecule has 1 aromatic carbocycles. The van der Waals surface area contributed by atoms with E-state index in [4.69, 9.17) is 18.0 Å². The summed E-state index contributed by atoms with van der Waals surface area (Å²) in [5, 5.41) is 7.05. The number of methoxy groups -OCH3 is 1. The Balaban J connectivity index is 2.48. The third-order valence-electron chi connectivity index (χ3n) is 2.43. The second-order valence-corrected chi connectivity index (χ2v) is 4.10. The van der Waals surface area contributed by atoms with Gasteiger partial charge in [-0.1, -0.05) is 0 Å². The van der Waals surface area contributed by atoms with Gasteiger partial charge in [0.2, 0.25) is 0 Å². The first-order valence-corrected chi connectivity index (χ1v) is 5.81. The SMILES string of the molecule is COC(=O)c1ccc(-n2cccn2)c(NC(N)=S)c1. The van der Waals surface area contributed by atoms with E-state index in [0.717, 1.165) is 5.69 Å². The number of aromatic nitrogens is 2. The number of thiocarbonyl (C=S) groups is 1. The number of ether oxygens (including phenoxy) is 1. The van der Waals surface area contributed by atoms with Gasteiger partial charge in [0, 0.05) is 12.4 Å². The molecule has 0 aliphatic heterocycles. The van der Waals surface area contributed by atoms with Crippen molar-refractivity contribution in [2.24, 2.45) is 5.73 Å². The molecule has 0 fully saturated rings. The average Bonchev–Trinajstić information content (AvgIpc) is 2.90. The molecular formula is C12H12N4O2S. The highest BCUT2D eigenvalue weighted by Crippen LogP contribution is 2.21. The summed E-state index contributed by atoms with van der Waals surface area (Å²) in [5.74, 6) is -0.432. The maximum atomic E-state index is 11.5. The molecule has 0 spiro atoms. The van der Waals surface area contributed by atoms with Crippen molar-refractivity contribution in [1.29, 1.82) is 0 Å². The molecule has 0 aliphatic rings. The molecule has 3 N–H and O–H groups in total. The number of nitrogens with two attached hydrogens (primary N) is 1. The number of nitrogens with one attached hydrogen (secondary N) is 1. The van der Waals surface area contributed by atoms with Gasteiger partial charge in [0.1, 0.15) is 0 Å². The fourth-order valence-electron chi connectivity index (χ4n) is 1.62. The van der Waals surface area contributed by atoms with Gasteiger partial charge in [0.25, 0.3) is 0 Å². The maximum Gasteiger partial charge on any atom is 0.337 e. The van der Waals surface area contributed by atoms with Crippen LogP contribution in [0.1, 0.15) is 10.4 Å². The minimum Gasteiger partial charge on any atom is -0.465 e. The molecule has 0 amide bonds. The highest BCUT2D eigenvalue weighted by atomic mass is 32.1. The van der Waals surface area contributed by atoms with Gasteiger partial charge in [-0.2, -0.15) is 5.10 Å². The van der Waals surface area contributed by atoms with E-state index in [1.165, 1.54) is 7.11 Å². The highest BCUT2D eigenvalue weighted by molar-refractivity contribution is 7.80. The number of carbonyl (C=O) groups excluding carboxylic acids is 1. The molecule has 0 unspecified atom stereocenters. The van der Waals surface area contributed by atoms with Crippen LogP contribution in [-0.2, 0) is 4.74 Å². The van der Waals surface area contributed by atoms with Crippen LogP contribution in [0.5, 0.6) is 0 Å². The molecular weight excluding hydrogens is 264 g/mol. The summed E-state index contributed by atoms with van der Waals surface area (Å²) < 4.78 is 6.31. The van der Waals surface area contributed by atoms with Gasteiger partial charge in [-0.15, -0.1) is 0 Å². The Bertz CT molecular complexity index is 610. The first-order valence-electron chi connectivity index (χ1n) is 5.40. The van der Waals surface area contributed by atoms with E-state index in [9.17, 15) is 4.79 Å². The topological polar surface area (TPSA) is 82.2 Å². The smallest absolute Gasteiger partial charge is 0.337 e. The monoisotopic (exact) mass is 276 g/mol. The lowest BCUT2D eigenvalue weighted by Gasteiger charge is -2.12. The van der Waals surface area contributed by atoms with E-state index in [2.05, 4.69) is 15.2 Å². The van der Waals surface area contributed by atoms with E-state index < -0.39 is 5.97 Å². The predicted molar refractivity (Wildman–Crippen MR) is 75.3 cm³/mol. The lowest BCUT2D eigenvalue weighted by Crippen LogP contribution is -2.20. The van der Waals surface area contributed by atoms with Crippen LogP contribution in [0.4, 0.5) is 5.69 Å². The molecule has 6 nitrogen and oxygen atoms in total. The second kappa shape index (κ2) is 5.49. The maximum absolute atomic E-state index is 11.5. The van der Waals surface area contributed by atoms with Gasteiger partial charge >= 0.3 is 5.97 Å². The first-order chi connectivity index (χ1) is 9.11. The Morgan fingerprint density at radius 3 is 2.89 bits per heavy atom. The van der Waals surface area contributed by atoms with Crippen LogP contribution in [0.2, 0.25) is 0 Å². The summed E-state index contributed by atoms with van der Waals surface area (Å²) in [4.78, 5) is 11.5. The number of carbonyl (C=O) groups is 1. The Kier molecular flexibility index (Phi) is 3.76. The van der Waals surface area contributed by atoms with Crippen molar-refractivity contribution in [1.82, 2.24) is 9.78 Å². The van der Waals surface area contributed by atoms with Gasteiger partial charge in [0.05, 0.1) is 24.0 Å². The predicted octanol–water partition coefficient (Wildman–Crippen LogP) is 1.31. The fraction of sp³-hybridized carbons (Fsp3) is 0.0833. The summed E-state index contributed by atoms with van der Waals surface area (Å²) >= 11 is 4.82. The van der Waals surface area contributed by atoms with Crippen molar-refractivity contribution < 1.29 is 9.53 Å². The number of hydrogen-bond donors (Lipinski definition) is 2. The molecule has 0 bridgehead atoms. The van der Waals surface area contributed by atoms with Gasteiger partial charge in [-0.3, -0.25) is 0 Å². The van der Waals surface area contributed by atoms with Crippen molar-refractivity contribution >= 4 is 29.0 Å². The molecule has 0 saturated heterocycles. The van der Waals surface area contributed by atoms with E-state index in [1.54, 1.807) is 41.3 Å². The molecule has 98 valence electrons. The van der Waals surface area contributed by atoms with E-state index in [1.807, 2.05) is 0 Å². The van der Waals surface area contributed by atoms with Crippen molar-refractivity contribution in [2.75, 3.05) is 12.4 Å². The summed E-state index contributed by atoms with van der Waals surface area (Å²) in [6.07, 6.45) is 3.43. The lowest BCUT2D eigenvalue weighted by atomic mass is 10.1. The van der Waals surface area contributed by atoms with E-state index >= 15 is 0 Å². The number of nitrogens with zero attached hydrogens (tertiary/aromatic N) is 2. The number of rotatable bonds is 3. The third kappa shape index (κ3) is 2.89. The van der Waals surface area contributed by atoms with Crippen LogP contribution < -0.4 is 11.1 Å². The summed E-state index contributed by atoms with van der Waals surface area (Å²) in [7, 11) is 1.32. The van der Waals surface area contributed by atoms with Gasteiger partial charge in [0.15, 0.2) is 5.11 Å². The quantitative estimate of drug-likeness (QED) is 0.650. The Labute approximate surface area is 115 Å². The Morgan fingerprint density at radius 1 is 1.53 bits per heavy atom. The molecule has 2 aromatic rings. The van der Waals surface area contributed by atoms with E-state index in [0.29, 0.717) is 11.3 Å². The number of esters is 1. The Hall–Kier alpha value is -2.41. The van der Waals surface area contributed by atoms with Crippen LogP contribution in [-0.4, -0.2) is 28.0 Å². The highest BCUT2D eigenvalue weighted by Gasteiger charge is 2.11. The number of hydrogen-bond acceptors (Lipinski definition) is 4. The molecule has 0 saturated carbocycles. The van der Waals surface area contributed by atoms with Gasteiger partial charge < -0.3 is 15.8 Å². The fourth-order valence-corrected chi connectivity index (χ4v) is 1.73. The van der Waals surface area contributed by atoms with Crippen LogP contribution in [0, 0.1) is 0 Å².